The predicted molar refractivity (Wildman–Crippen MR) is 63.2 cm³/mol. The summed E-state index contributed by atoms with van der Waals surface area (Å²) in [7, 11) is 0. The van der Waals surface area contributed by atoms with E-state index in [0.717, 1.165) is 12.0 Å². The summed E-state index contributed by atoms with van der Waals surface area (Å²) in [6.07, 6.45) is 7.00. The van der Waals surface area contributed by atoms with Gasteiger partial charge in [-0.15, -0.1) is 12.3 Å². The zero-order valence-electron chi connectivity index (χ0n) is 8.72. The van der Waals surface area contributed by atoms with Gasteiger partial charge in [0, 0.05) is 23.4 Å². The van der Waals surface area contributed by atoms with Crippen LogP contribution < -0.4 is 0 Å². The molecule has 0 atom stereocenters. The SMILES string of the molecule is C#CCCCC(=O)c1cccc(Cl)c1C. The molecule has 0 saturated carbocycles. The second-order valence-electron chi connectivity index (χ2n) is 3.39. The fourth-order valence-electron chi connectivity index (χ4n) is 1.40. The van der Waals surface area contributed by atoms with Crippen molar-refractivity contribution in [2.45, 2.75) is 26.2 Å². The molecule has 1 aromatic rings. The lowest BCUT2D eigenvalue weighted by molar-refractivity contribution is 0.0980. The van der Waals surface area contributed by atoms with E-state index >= 15 is 0 Å². The van der Waals surface area contributed by atoms with Crippen molar-refractivity contribution in [2.75, 3.05) is 0 Å². The van der Waals surface area contributed by atoms with E-state index in [9.17, 15) is 4.79 Å². The zero-order valence-corrected chi connectivity index (χ0v) is 9.47. The van der Waals surface area contributed by atoms with E-state index in [1.54, 1.807) is 18.2 Å². The molecule has 0 amide bonds. The third-order valence-electron chi connectivity index (χ3n) is 2.29. The van der Waals surface area contributed by atoms with Crippen LogP contribution >= 0.6 is 11.6 Å². The minimum Gasteiger partial charge on any atom is -0.294 e. The molecular weight excluding hydrogens is 208 g/mol. The molecule has 0 aliphatic heterocycles. The van der Waals surface area contributed by atoms with Crippen LogP contribution in [-0.2, 0) is 0 Å². The molecule has 0 heterocycles. The monoisotopic (exact) mass is 220 g/mol. The summed E-state index contributed by atoms with van der Waals surface area (Å²) in [4.78, 5) is 11.8. The summed E-state index contributed by atoms with van der Waals surface area (Å²) in [5, 5.41) is 0.637. The Morgan fingerprint density at radius 1 is 1.53 bits per heavy atom. The Kier molecular flexibility index (Phi) is 4.39. The lowest BCUT2D eigenvalue weighted by Gasteiger charge is -2.05. The molecule has 0 aliphatic rings. The minimum atomic E-state index is 0.116. The van der Waals surface area contributed by atoms with Crippen LogP contribution in [-0.4, -0.2) is 5.78 Å². The summed E-state index contributed by atoms with van der Waals surface area (Å²) in [5.74, 6) is 2.64. The Morgan fingerprint density at radius 3 is 2.93 bits per heavy atom. The maximum atomic E-state index is 11.8. The van der Waals surface area contributed by atoms with Crippen molar-refractivity contribution in [3.05, 3.63) is 34.3 Å². The zero-order chi connectivity index (χ0) is 11.3. The molecule has 1 rings (SSSR count). The van der Waals surface area contributed by atoms with Gasteiger partial charge in [0.1, 0.15) is 0 Å². The van der Waals surface area contributed by atoms with Gasteiger partial charge >= 0.3 is 0 Å². The van der Waals surface area contributed by atoms with Crippen molar-refractivity contribution in [1.82, 2.24) is 0 Å². The Balaban J connectivity index is 2.75. The standard InChI is InChI=1S/C13H13ClO/c1-3-4-5-9-13(15)11-7-6-8-12(14)10(11)2/h1,6-8H,4-5,9H2,2H3. The third-order valence-corrected chi connectivity index (χ3v) is 2.70. The topological polar surface area (TPSA) is 17.1 Å². The van der Waals surface area contributed by atoms with Gasteiger partial charge in [0.15, 0.2) is 5.78 Å². The van der Waals surface area contributed by atoms with E-state index in [0.29, 0.717) is 23.4 Å². The summed E-state index contributed by atoms with van der Waals surface area (Å²) in [6.45, 7) is 1.86. The number of halogens is 1. The van der Waals surface area contributed by atoms with Crippen molar-refractivity contribution >= 4 is 17.4 Å². The fraction of sp³-hybridized carbons (Fsp3) is 0.308. The number of carbonyl (C=O) groups is 1. The van der Waals surface area contributed by atoms with E-state index in [1.165, 1.54) is 0 Å². The number of ketones is 1. The Labute approximate surface area is 95.5 Å². The summed E-state index contributed by atoms with van der Waals surface area (Å²) >= 11 is 5.93. The first-order valence-electron chi connectivity index (χ1n) is 4.88. The van der Waals surface area contributed by atoms with Crippen LogP contribution in [0, 0.1) is 19.3 Å². The van der Waals surface area contributed by atoms with Crippen LogP contribution in [0.1, 0.15) is 35.2 Å². The molecule has 78 valence electrons. The quantitative estimate of drug-likeness (QED) is 0.430. The molecule has 0 aromatic heterocycles. The highest BCUT2D eigenvalue weighted by Gasteiger charge is 2.09. The maximum Gasteiger partial charge on any atom is 0.163 e. The van der Waals surface area contributed by atoms with Crippen LogP contribution in [0.3, 0.4) is 0 Å². The Bertz CT molecular complexity index is 401. The lowest BCUT2D eigenvalue weighted by Crippen LogP contribution is -2.01. The largest absolute Gasteiger partial charge is 0.294 e. The van der Waals surface area contributed by atoms with Crippen molar-refractivity contribution in [2.24, 2.45) is 0 Å². The minimum absolute atomic E-state index is 0.116. The number of rotatable bonds is 4. The van der Waals surface area contributed by atoms with E-state index in [2.05, 4.69) is 5.92 Å². The van der Waals surface area contributed by atoms with Gasteiger partial charge in [-0.2, -0.15) is 0 Å². The summed E-state index contributed by atoms with van der Waals surface area (Å²) < 4.78 is 0. The molecular formula is C13H13ClO. The second-order valence-corrected chi connectivity index (χ2v) is 3.80. The van der Waals surface area contributed by atoms with Crippen molar-refractivity contribution in [3.8, 4) is 12.3 Å². The Hall–Kier alpha value is -1.26. The summed E-state index contributed by atoms with van der Waals surface area (Å²) in [5.41, 5.74) is 1.56. The van der Waals surface area contributed by atoms with Crippen molar-refractivity contribution in [1.29, 1.82) is 0 Å². The van der Waals surface area contributed by atoms with Crippen LogP contribution in [0.5, 0.6) is 0 Å². The Morgan fingerprint density at radius 2 is 2.27 bits per heavy atom. The van der Waals surface area contributed by atoms with E-state index < -0.39 is 0 Å². The molecule has 0 unspecified atom stereocenters. The van der Waals surface area contributed by atoms with Gasteiger partial charge in [-0.25, -0.2) is 0 Å². The number of hydrogen-bond donors (Lipinski definition) is 0. The number of Topliss-reactive ketones (excluding diaryl/α,β-unsaturated/α-hetero) is 1. The van der Waals surface area contributed by atoms with Gasteiger partial charge in [0.2, 0.25) is 0 Å². The first-order valence-corrected chi connectivity index (χ1v) is 5.26. The number of unbranched alkanes of at least 4 members (excludes halogenated alkanes) is 1. The fourth-order valence-corrected chi connectivity index (χ4v) is 1.57. The molecule has 1 aromatic carbocycles. The average molecular weight is 221 g/mol. The highest BCUT2D eigenvalue weighted by molar-refractivity contribution is 6.31. The first kappa shape index (κ1) is 11.8. The van der Waals surface area contributed by atoms with Gasteiger partial charge in [-0.3, -0.25) is 4.79 Å². The van der Waals surface area contributed by atoms with Crippen LogP contribution in [0.2, 0.25) is 5.02 Å². The summed E-state index contributed by atoms with van der Waals surface area (Å²) in [6, 6.07) is 5.39. The highest BCUT2D eigenvalue weighted by atomic mass is 35.5. The molecule has 0 radical (unpaired) electrons. The molecule has 0 spiro atoms. The molecule has 0 fully saturated rings. The van der Waals surface area contributed by atoms with Crippen molar-refractivity contribution in [3.63, 3.8) is 0 Å². The van der Waals surface area contributed by atoms with E-state index in [1.807, 2.05) is 6.92 Å². The maximum absolute atomic E-state index is 11.8. The predicted octanol–water partition coefficient (Wildman–Crippen LogP) is 3.63. The molecule has 15 heavy (non-hydrogen) atoms. The van der Waals surface area contributed by atoms with Gasteiger partial charge in [-0.05, 0) is 25.0 Å². The van der Waals surface area contributed by atoms with Gasteiger partial charge in [0.05, 0.1) is 0 Å². The van der Waals surface area contributed by atoms with Gasteiger partial charge in [-0.1, -0.05) is 23.7 Å². The van der Waals surface area contributed by atoms with Crippen molar-refractivity contribution < 1.29 is 4.79 Å². The van der Waals surface area contributed by atoms with Crippen LogP contribution in [0.15, 0.2) is 18.2 Å². The van der Waals surface area contributed by atoms with E-state index in [4.69, 9.17) is 18.0 Å². The molecule has 0 N–H and O–H groups in total. The number of benzene rings is 1. The molecule has 0 aliphatic carbocycles. The first-order chi connectivity index (χ1) is 7.16. The van der Waals surface area contributed by atoms with Gasteiger partial charge in [0.25, 0.3) is 0 Å². The van der Waals surface area contributed by atoms with E-state index in [-0.39, 0.29) is 5.78 Å². The third kappa shape index (κ3) is 3.11. The molecule has 1 nitrogen and oxygen atoms in total. The molecule has 2 heteroatoms. The molecule has 0 bridgehead atoms. The average Bonchev–Trinajstić information content (AvgIpc) is 2.22. The smallest absolute Gasteiger partial charge is 0.163 e. The number of hydrogen-bond acceptors (Lipinski definition) is 1. The lowest BCUT2D eigenvalue weighted by atomic mass is 10.0. The number of carbonyl (C=O) groups excluding carboxylic acids is 1. The van der Waals surface area contributed by atoms with Crippen LogP contribution in [0.4, 0.5) is 0 Å². The highest BCUT2D eigenvalue weighted by Crippen LogP contribution is 2.20. The number of terminal acetylenes is 1. The van der Waals surface area contributed by atoms with Gasteiger partial charge < -0.3 is 0 Å². The second kappa shape index (κ2) is 5.58. The molecule has 0 saturated heterocycles. The normalized spacial score (nSPS) is 9.67. The van der Waals surface area contributed by atoms with Crippen LogP contribution in [0.25, 0.3) is 0 Å².